The van der Waals surface area contributed by atoms with Crippen molar-refractivity contribution in [3.8, 4) is 0 Å². The molecule has 162 valence electrons. The summed E-state index contributed by atoms with van der Waals surface area (Å²) >= 11 is 0. The van der Waals surface area contributed by atoms with Crippen molar-refractivity contribution in [2.24, 2.45) is 5.11 Å². The number of ether oxygens (including phenoxy) is 5. The van der Waals surface area contributed by atoms with Gasteiger partial charge in [0.15, 0.2) is 12.1 Å². The van der Waals surface area contributed by atoms with Crippen molar-refractivity contribution in [2.75, 3.05) is 20.2 Å². The molecule has 2 saturated heterocycles. The number of fused-ring (bicyclic) bond motifs is 1. The third-order valence-corrected chi connectivity index (χ3v) is 4.71. The van der Waals surface area contributed by atoms with Crippen LogP contribution in [-0.4, -0.2) is 67.5 Å². The number of methoxy groups -OCH3 is 1. The molecule has 0 aromatic heterocycles. The lowest BCUT2D eigenvalue weighted by atomic mass is 10.1. The predicted octanol–water partition coefficient (Wildman–Crippen LogP) is 2.35. The highest BCUT2D eigenvalue weighted by atomic mass is 16.8. The Kier molecular flexibility index (Phi) is 6.78. The van der Waals surface area contributed by atoms with Crippen LogP contribution in [0.25, 0.3) is 10.4 Å². The number of rotatable bonds is 7. The monoisotopic (exact) mass is 420 g/mol. The van der Waals surface area contributed by atoms with E-state index in [1.807, 2.05) is 30.3 Å². The van der Waals surface area contributed by atoms with Gasteiger partial charge in [-0.25, -0.2) is 4.79 Å². The van der Waals surface area contributed by atoms with Gasteiger partial charge in [0, 0.05) is 4.91 Å². The summed E-state index contributed by atoms with van der Waals surface area (Å²) in [5.74, 6) is -1.51. The Morgan fingerprint density at radius 1 is 1.27 bits per heavy atom. The number of hydrogen-bond donors (Lipinski definition) is 0. The summed E-state index contributed by atoms with van der Waals surface area (Å²) in [5.41, 5.74) is 9.76. The van der Waals surface area contributed by atoms with E-state index in [-0.39, 0.29) is 19.7 Å². The molecule has 11 heteroatoms. The maximum Gasteiger partial charge on any atom is 0.410 e. The Morgan fingerprint density at radius 3 is 2.67 bits per heavy atom. The molecule has 1 amide bonds. The molecular formula is C19H24N4O7. The average Bonchev–Trinajstić information content (AvgIpc) is 3.18. The van der Waals surface area contributed by atoms with Crippen LogP contribution in [0.5, 0.6) is 0 Å². The fraction of sp³-hybridized carbons (Fsp3) is 0.579. The van der Waals surface area contributed by atoms with Crippen molar-refractivity contribution in [3.05, 3.63) is 46.3 Å². The maximum atomic E-state index is 12.6. The third-order valence-electron chi connectivity index (χ3n) is 4.71. The van der Waals surface area contributed by atoms with Gasteiger partial charge < -0.3 is 23.7 Å². The lowest BCUT2D eigenvalue weighted by Gasteiger charge is -2.28. The number of hydrogen-bond acceptors (Lipinski definition) is 8. The molecule has 4 atom stereocenters. The van der Waals surface area contributed by atoms with Crippen molar-refractivity contribution in [1.29, 1.82) is 0 Å². The second kappa shape index (κ2) is 9.31. The standard InChI is InChI=1S/C19H24N4O7/c1-19(2)29-16-15(21-22-20)13(28-17(16)30-19)9-23(10-14(24)26-3)18(25)27-11-12-7-5-4-6-8-12/h4-8,13,15-17H,9-11H2,1-3H3/t13?,15?,16-,17-/m1/s1. The van der Waals surface area contributed by atoms with Gasteiger partial charge in [-0.15, -0.1) is 0 Å². The molecule has 0 spiro atoms. The van der Waals surface area contributed by atoms with Gasteiger partial charge in [-0.05, 0) is 24.9 Å². The molecule has 2 unspecified atom stereocenters. The van der Waals surface area contributed by atoms with E-state index in [4.69, 9.17) is 24.5 Å². The van der Waals surface area contributed by atoms with Crippen LogP contribution in [0.3, 0.4) is 0 Å². The third kappa shape index (κ3) is 5.19. The van der Waals surface area contributed by atoms with E-state index in [9.17, 15) is 9.59 Å². The fourth-order valence-corrected chi connectivity index (χ4v) is 3.36. The number of nitrogens with zero attached hydrogens (tertiary/aromatic N) is 4. The van der Waals surface area contributed by atoms with Gasteiger partial charge in [-0.2, -0.15) is 0 Å². The molecule has 1 aromatic rings. The van der Waals surface area contributed by atoms with Gasteiger partial charge in [0.2, 0.25) is 0 Å². The first-order valence-corrected chi connectivity index (χ1v) is 9.40. The van der Waals surface area contributed by atoms with Crippen LogP contribution >= 0.6 is 0 Å². The summed E-state index contributed by atoms with van der Waals surface area (Å²) in [6.07, 6.45) is -2.85. The molecule has 1 aromatic carbocycles. The van der Waals surface area contributed by atoms with Crippen molar-refractivity contribution in [3.63, 3.8) is 0 Å². The molecule has 2 aliphatic heterocycles. The fourth-order valence-electron chi connectivity index (χ4n) is 3.36. The second-order valence-electron chi connectivity index (χ2n) is 7.34. The molecule has 2 heterocycles. The lowest BCUT2D eigenvalue weighted by molar-refractivity contribution is -0.207. The number of benzene rings is 1. The van der Waals surface area contributed by atoms with E-state index in [1.165, 1.54) is 7.11 Å². The highest BCUT2D eigenvalue weighted by molar-refractivity contribution is 5.78. The largest absolute Gasteiger partial charge is 0.468 e. The first kappa shape index (κ1) is 21.8. The summed E-state index contributed by atoms with van der Waals surface area (Å²) < 4.78 is 27.3. The van der Waals surface area contributed by atoms with Crippen molar-refractivity contribution in [1.82, 2.24) is 4.90 Å². The number of azide groups is 1. The number of esters is 1. The van der Waals surface area contributed by atoms with Gasteiger partial charge in [0.1, 0.15) is 19.3 Å². The molecule has 0 aliphatic carbocycles. The first-order valence-electron chi connectivity index (χ1n) is 9.40. The van der Waals surface area contributed by atoms with Crippen molar-refractivity contribution < 1.29 is 33.3 Å². The SMILES string of the molecule is COC(=O)CN(CC1O[C@@H]2OC(C)(C)O[C@@H]2C1N=[N+]=[N-])C(=O)OCc1ccccc1. The molecular weight excluding hydrogens is 396 g/mol. The minimum absolute atomic E-state index is 0.0360. The Hall–Kier alpha value is -2.85. The number of carbonyl (C=O) groups is 2. The Bertz CT molecular complexity index is 812. The molecule has 2 aliphatic rings. The second-order valence-corrected chi connectivity index (χ2v) is 7.34. The minimum Gasteiger partial charge on any atom is -0.468 e. The van der Waals surface area contributed by atoms with E-state index < -0.39 is 42.4 Å². The highest BCUT2D eigenvalue weighted by Gasteiger charge is 2.55. The summed E-state index contributed by atoms with van der Waals surface area (Å²) in [6.45, 7) is 3.05. The summed E-state index contributed by atoms with van der Waals surface area (Å²) in [7, 11) is 1.22. The minimum atomic E-state index is -0.885. The predicted molar refractivity (Wildman–Crippen MR) is 102 cm³/mol. The smallest absolute Gasteiger partial charge is 0.410 e. The summed E-state index contributed by atoms with van der Waals surface area (Å²) in [4.78, 5) is 28.5. The van der Waals surface area contributed by atoms with E-state index in [2.05, 4.69) is 14.8 Å². The van der Waals surface area contributed by atoms with Gasteiger partial charge in [0.05, 0.1) is 25.8 Å². The van der Waals surface area contributed by atoms with Crippen molar-refractivity contribution in [2.45, 2.75) is 50.8 Å². The van der Waals surface area contributed by atoms with Crippen LogP contribution in [-0.2, 0) is 35.1 Å². The maximum absolute atomic E-state index is 12.6. The van der Waals surface area contributed by atoms with Crippen LogP contribution in [0.4, 0.5) is 4.79 Å². The van der Waals surface area contributed by atoms with Gasteiger partial charge in [0.25, 0.3) is 0 Å². The first-order chi connectivity index (χ1) is 14.3. The zero-order valence-corrected chi connectivity index (χ0v) is 17.0. The summed E-state index contributed by atoms with van der Waals surface area (Å²) in [6, 6.07) is 8.38. The van der Waals surface area contributed by atoms with E-state index >= 15 is 0 Å². The molecule has 0 radical (unpaired) electrons. The Labute approximate surface area is 173 Å². The molecule has 0 N–H and O–H groups in total. The lowest BCUT2D eigenvalue weighted by Crippen LogP contribution is -2.45. The van der Waals surface area contributed by atoms with Crippen LogP contribution in [0.1, 0.15) is 19.4 Å². The number of carbonyl (C=O) groups excluding carboxylic acids is 2. The number of amides is 1. The van der Waals surface area contributed by atoms with Crippen LogP contribution < -0.4 is 0 Å². The van der Waals surface area contributed by atoms with Crippen LogP contribution in [0, 0.1) is 0 Å². The summed E-state index contributed by atoms with van der Waals surface area (Å²) in [5, 5.41) is 3.77. The topological polar surface area (TPSA) is 132 Å². The Morgan fingerprint density at radius 2 is 2.00 bits per heavy atom. The molecule has 3 rings (SSSR count). The van der Waals surface area contributed by atoms with Crippen LogP contribution in [0.2, 0.25) is 0 Å². The molecule has 11 nitrogen and oxygen atoms in total. The average molecular weight is 420 g/mol. The highest BCUT2D eigenvalue weighted by Crippen LogP contribution is 2.39. The molecule has 30 heavy (non-hydrogen) atoms. The van der Waals surface area contributed by atoms with Gasteiger partial charge >= 0.3 is 12.1 Å². The quantitative estimate of drug-likeness (QED) is 0.286. The molecule has 2 fully saturated rings. The van der Waals surface area contributed by atoms with Gasteiger partial charge in [-0.3, -0.25) is 9.69 Å². The Balaban J connectivity index is 1.70. The van der Waals surface area contributed by atoms with Crippen LogP contribution in [0.15, 0.2) is 35.4 Å². The van der Waals surface area contributed by atoms with Gasteiger partial charge in [-0.1, -0.05) is 35.4 Å². The zero-order chi connectivity index (χ0) is 21.7. The van der Waals surface area contributed by atoms with E-state index in [1.54, 1.807) is 13.8 Å². The molecule has 0 bridgehead atoms. The normalized spacial score (nSPS) is 26.4. The van der Waals surface area contributed by atoms with E-state index in [0.29, 0.717) is 0 Å². The van der Waals surface area contributed by atoms with Crippen molar-refractivity contribution >= 4 is 12.1 Å². The zero-order valence-electron chi connectivity index (χ0n) is 17.0. The van der Waals surface area contributed by atoms with E-state index in [0.717, 1.165) is 10.5 Å². The molecule has 0 saturated carbocycles.